The first-order valence-electron chi connectivity index (χ1n) is 7.79. The third-order valence-corrected chi connectivity index (χ3v) is 3.91. The Morgan fingerprint density at radius 2 is 1.76 bits per heavy atom. The molecule has 0 aromatic carbocycles. The van der Waals surface area contributed by atoms with E-state index in [4.69, 9.17) is 0 Å². The lowest BCUT2D eigenvalue weighted by Gasteiger charge is -2.27. The van der Waals surface area contributed by atoms with Crippen molar-refractivity contribution in [2.75, 3.05) is 32.7 Å². The average Bonchev–Trinajstić information content (AvgIpc) is 2.39. The van der Waals surface area contributed by atoms with E-state index in [-0.39, 0.29) is 0 Å². The highest BCUT2D eigenvalue weighted by Crippen LogP contribution is 2.15. The van der Waals surface area contributed by atoms with Crippen LogP contribution >= 0.6 is 0 Å². The zero-order valence-electron chi connectivity index (χ0n) is 12.0. The fourth-order valence-electron chi connectivity index (χ4n) is 2.63. The Morgan fingerprint density at radius 3 is 2.29 bits per heavy atom. The van der Waals surface area contributed by atoms with E-state index in [2.05, 4.69) is 24.1 Å². The highest BCUT2D eigenvalue weighted by Gasteiger charge is 2.14. The molecule has 0 aromatic rings. The van der Waals surface area contributed by atoms with E-state index in [1.54, 1.807) is 0 Å². The Bertz CT molecular complexity index is 156. The quantitative estimate of drug-likeness (QED) is 0.665. The van der Waals surface area contributed by atoms with Crippen LogP contribution in [-0.4, -0.2) is 37.6 Å². The van der Waals surface area contributed by atoms with Gasteiger partial charge in [-0.25, -0.2) is 0 Å². The first kappa shape index (κ1) is 15.0. The minimum absolute atomic E-state index is 0.939. The fourth-order valence-corrected chi connectivity index (χ4v) is 2.63. The molecule has 2 nitrogen and oxygen atoms in total. The molecule has 0 bridgehead atoms. The van der Waals surface area contributed by atoms with Gasteiger partial charge in [-0.1, -0.05) is 26.7 Å². The van der Waals surface area contributed by atoms with Crippen molar-refractivity contribution >= 4 is 0 Å². The highest BCUT2D eigenvalue weighted by molar-refractivity contribution is 4.71. The molecule has 1 rings (SSSR count). The normalized spacial score (nSPS) is 21.0. The molecule has 0 amide bonds. The summed E-state index contributed by atoms with van der Waals surface area (Å²) in [5.74, 6) is 0.939. The number of piperidine rings is 1. The predicted molar refractivity (Wildman–Crippen MR) is 76.5 cm³/mol. The standard InChI is InChI=1S/C15H32N2/c1-3-5-11-17(12-6-4-2)13-9-15-8-7-10-16-14-15/h15-16H,3-14H2,1-2H3. The molecule has 1 fully saturated rings. The van der Waals surface area contributed by atoms with Crippen LogP contribution in [0.5, 0.6) is 0 Å². The first-order valence-corrected chi connectivity index (χ1v) is 7.79. The minimum Gasteiger partial charge on any atom is -0.316 e. The zero-order valence-corrected chi connectivity index (χ0v) is 12.0. The van der Waals surface area contributed by atoms with Gasteiger partial charge in [0.1, 0.15) is 0 Å². The molecule has 0 aromatic heterocycles. The third-order valence-electron chi connectivity index (χ3n) is 3.91. The largest absolute Gasteiger partial charge is 0.316 e. The molecule has 0 saturated carbocycles. The summed E-state index contributed by atoms with van der Waals surface area (Å²) < 4.78 is 0. The maximum absolute atomic E-state index is 3.53. The molecule has 1 saturated heterocycles. The number of rotatable bonds is 9. The maximum Gasteiger partial charge on any atom is -0.00156 e. The summed E-state index contributed by atoms with van der Waals surface area (Å²) in [4.78, 5) is 2.70. The predicted octanol–water partition coefficient (Wildman–Crippen LogP) is 3.28. The fraction of sp³-hybridized carbons (Fsp3) is 1.00. The van der Waals surface area contributed by atoms with E-state index < -0.39 is 0 Å². The molecule has 1 atom stereocenters. The van der Waals surface area contributed by atoms with E-state index in [1.807, 2.05) is 0 Å². The number of nitrogens with zero attached hydrogens (tertiary/aromatic N) is 1. The van der Waals surface area contributed by atoms with Crippen LogP contribution in [-0.2, 0) is 0 Å². The summed E-state index contributed by atoms with van der Waals surface area (Å²) in [6, 6.07) is 0. The van der Waals surface area contributed by atoms with Gasteiger partial charge in [-0.05, 0) is 70.7 Å². The summed E-state index contributed by atoms with van der Waals surface area (Å²) in [5.41, 5.74) is 0. The lowest BCUT2D eigenvalue weighted by Crippen LogP contribution is -2.34. The van der Waals surface area contributed by atoms with Gasteiger partial charge in [-0.3, -0.25) is 0 Å². The summed E-state index contributed by atoms with van der Waals surface area (Å²) in [5, 5.41) is 3.53. The van der Waals surface area contributed by atoms with Gasteiger partial charge in [0.2, 0.25) is 0 Å². The Labute approximate surface area is 108 Å². The molecular weight excluding hydrogens is 208 g/mol. The van der Waals surface area contributed by atoms with Crippen LogP contribution in [0, 0.1) is 5.92 Å². The Balaban J connectivity index is 2.16. The molecule has 1 unspecified atom stereocenters. The van der Waals surface area contributed by atoms with E-state index in [0.717, 1.165) is 5.92 Å². The number of nitrogens with one attached hydrogen (secondary N) is 1. The smallest absolute Gasteiger partial charge is 0.00156 e. The molecule has 1 aliphatic heterocycles. The van der Waals surface area contributed by atoms with Crippen LogP contribution in [0.4, 0.5) is 0 Å². The molecule has 1 aliphatic rings. The van der Waals surface area contributed by atoms with E-state index in [0.29, 0.717) is 0 Å². The van der Waals surface area contributed by atoms with Crippen molar-refractivity contribution in [3.63, 3.8) is 0 Å². The molecular formula is C15H32N2. The van der Waals surface area contributed by atoms with Gasteiger partial charge in [-0.15, -0.1) is 0 Å². The van der Waals surface area contributed by atoms with Crippen molar-refractivity contribution < 1.29 is 0 Å². The molecule has 102 valence electrons. The minimum atomic E-state index is 0.939. The van der Waals surface area contributed by atoms with Gasteiger partial charge >= 0.3 is 0 Å². The lowest BCUT2D eigenvalue weighted by atomic mass is 9.96. The average molecular weight is 240 g/mol. The van der Waals surface area contributed by atoms with Crippen LogP contribution in [0.15, 0.2) is 0 Å². The number of unbranched alkanes of at least 4 members (excludes halogenated alkanes) is 2. The van der Waals surface area contributed by atoms with Crippen LogP contribution in [0.2, 0.25) is 0 Å². The topological polar surface area (TPSA) is 15.3 Å². The number of hydrogen-bond acceptors (Lipinski definition) is 2. The summed E-state index contributed by atoms with van der Waals surface area (Å²) >= 11 is 0. The van der Waals surface area contributed by atoms with Gasteiger partial charge in [0, 0.05) is 0 Å². The second-order valence-corrected chi connectivity index (χ2v) is 5.55. The molecule has 2 heteroatoms. The number of hydrogen-bond donors (Lipinski definition) is 1. The second kappa shape index (κ2) is 9.90. The van der Waals surface area contributed by atoms with Crippen molar-refractivity contribution in [2.24, 2.45) is 5.92 Å². The van der Waals surface area contributed by atoms with Crippen LogP contribution in [0.1, 0.15) is 58.8 Å². The maximum atomic E-state index is 3.53. The second-order valence-electron chi connectivity index (χ2n) is 5.55. The van der Waals surface area contributed by atoms with Crippen molar-refractivity contribution in [3.05, 3.63) is 0 Å². The molecule has 17 heavy (non-hydrogen) atoms. The van der Waals surface area contributed by atoms with Crippen LogP contribution in [0.25, 0.3) is 0 Å². The molecule has 0 radical (unpaired) electrons. The van der Waals surface area contributed by atoms with Crippen molar-refractivity contribution in [1.82, 2.24) is 10.2 Å². The highest BCUT2D eigenvalue weighted by atomic mass is 15.1. The lowest BCUT2D eigenvalue weighted by molar-refractivity contribution is 0.231. The molecule has 0 spiro atoms. The van der Waals surface area contributed by atoms with Crippen molar-refractivity contribution in [1.29, 1.82) is 0 Å². The first-order chi connectivity index (χ1) is 8.36. The van der Waals surface area contributed by atoms with Crippen molar-refractivity contribution in [3.8, 4) is 0 Å². The summed E-state index contributed by atoms with van der Waals surface area (Å²) in [6.45, 7) is 11.0. The van der Waals surface area contributed by atoms with Crippen LogP contribution in [0.3, 0.4) is 0 Å². The van der Waals surface area contributed by atoms with Gasteiger partial charge in [-0.2, -0.15) is 0 Å². The monoisotopic (exact) mass is 240 g/mol. The third kappa shape index (κ3) is 7.05. The Kier molecular flexibility index (Phi) is 8.72. The van der Waals surface area contributed by atoms with Crippen molar-refractivity contribution in [2.45, 2.75) is 58.8 Å². The Morgan fingerprint density at radius 1 is 1.06 bits per heavy atom. The molecule has 0 aliphatic carbocycles. The summed E-state index contributed by atoms with van der Waals surface area (Å²) in [6.07, 6.45) is 9.62. The molecule has 1 N–H and O–H groups in total. The molecule has 1 heterocycles. The van der Waals surface area contributed by atoms with Gasteiger partial charge in [0.15, 0.2) is 0 Å². The van der Waals surface area contributed by atoms with E-state index >= 15 is 0 Å². The van der Waals surface area contributed by atoms with Crippen LogP contribution < -0.4 is 5.32 Å². The zero-order chi connectivity index (χ0) is 12.3. The SMILES string of the molecule is CCCCN(CCCC)CCC1CCCNC1. The summed E-state index contributed by atoms with van der Waals surface area (Å²) in [7, 11) is 0. The van der Waals surface area contributed by atoms with Gasteiger partial charge < -0.3 is 10.2 Å². The van der Waals surface area contributed by atoms with Gasteiger partial charge in [0.25, 0.3) is 0 Å². The Hall–Kier alpha value is -0.0800. The van der Waals surface area contributed by atoms with Gasteiger partial charge in [0.05, 0.1) is 0 Å². The van der Waals surface area contributed by atoms with E-state index in [1.165, 1.54) is 77.7 Å². The van der Waals surface area contributed by atoms with E-state index in [9.17, 15) is 0 Å².